The van der Waals surface area contributed by atoms with Gasteiger partial charge in [-0.05, 0) is 19.1 Å². The SMILES string of the molecule is CNC(=O)COc1cc(Cl)c(-n2c(=O)[nH]c3c(OC)nc(C)nc32)cc1OCc1c(OC)ccc(F)c1F. The number of halogens is 3. The van der Waals surface area contributed by atoms with Crippen molar-refractivity contribution in [1.29, 1.82) is 0 Å². The number of rotatable bonds is 9. The minimum absolute atomic E-state index is 0.00871. The largest absolute Gasteiger partial charge is 0.496 e. The third-order valence-electron chi connectivity index (χ3n) is 5.45. The lowest BCUT2D eigenvalue weighted by atomic mass is 10.2. The topological polar surface area (TPSA) is 130 Å². The van der Waals surface area contributed by atoms with Crippen molar-refractivity contribution in [2.24, 2.45) is 0 Å². The molecule has 0 aliphatic heterocycles. The van der Waals surface area contributed by atoms with Crippen LogP contribution in [0.3, 0.4) is 0 Å². The molecule has 0 atom stereocenters. The van der Waals surface area contributed by atoms with E-state index in [0.29, 0.717) is 5.82 Å². The lowest BCUT2D eigenvalue weighted by molar-refractivity contribution is -0.122. The van der Waals surface area contributed by atoms with E-state index < -0.39 is 36.4 Å². The molecular formula is C24H22ClF2N5O6. The van der Waals surface area contributed by atoms with Gasteiger partial charge in [-0.1, -0.05) is 11.6 Å². The molecule has 0 fully saturated rings. The number of ether oxygens (including phenoxy) is 4. The lowest BCUT2D eigenvalue weighted by Crippen LogP contribution is -2.25. The Morgan fingerprint density at radius 3 is 2.53 bits per heavy atom. The maximum absolute atomic E-state index is 14.5. The van der Waals surface area contributed by atoms with E-state index in [9.17, 15) is 18.4 Å². The first-order chi connectivity index (χ1) is 18.2. The van der Waals surface area contributed by atoms with Gasteiger partial charge >= 0.3 is 5.69 Å². The van der Waals surface area contributed by atoms with Crippen LogP contribution in [0.4, 0.5) is 8.78 Å². The molecule has 200 valence electrons. The van der Waals surface area contributed by atoms with Crippen molar-refractivity contribution in [2.75, 3.05) is 27.9 Å². The van der Waals surface area contributed by atoms with E-state index in [1.165, 1.54) is 44.0 Å². The predicted molar refractivity (Wildman–Crippen MR) is 133 cm³/mol. The standard InChI is InChI=1S/C24H22ClF2N5O6/c1-11-29-22-21(23(30-11)36-4)31-24(34)32(22)15-8-18(17(7-13(15)25)38-10-19(33)28-2)37-9-12-16(35-3)6-5-14(26)20(12)27/h5-8H,9-10H2,1-4H3,(H,28,33)(H,31,34). The number of nitrogens with one attached hydrogen (secondary N) is 2. The molecule has 14 heteroatoms. The van der Waals surface area contributed by atoms with Gasteiger partial charge in [0.2, 0.25) is 5.88 Å². The van der Waals surface area contributed by atoms with E-state index in [2.05, 4.69) is 20.3 Å². The Morgan fingerprint density at radius 2 is 1.84 bits per heavy atom. The minimum atomic E-state index is -1.15. The van der Waals surface area contributed by atoms with Crippen molar-refractivity contribution in [2.45, 2.75) is 13.5 Å². The summed E-state index contributed by atoms with van der Waals surface area (Å²) < 4.78 is 51.3. The second-order valence-corrected chi connectivity index (χ2v) is 8.19. The molecule has 0 saturated carbocycles. The monoisotopic (exact) mass is 549 g/mol. The molecule has 0 unspecified atom stereocenters. The zero-order valence-corrected chi connectivity index (χ0v) is 21.4. The molecule has 2 N–H and O–H groups in total. The number of aromatic nitrogens is 4. The van der Waals surface area contributed by atoms with Crippen molar-refractivity contribution < 1.29 is 32.5 Å². The van der Waals surface area contributed by atoms with Crippen molar-refractivity contribution in [3.63, 3.8) is 0 Å². The van der Waals surface area contributed by atoms with E-state index >= 15 is 0 Å². The van der Waals surface area contributed by atoms with Crippen LogP contribution in [-0.4, -0.2) is 53.3 Å². The highest BCUT2D eigenvalue weighted by Gasteiger charge is 2.22. The van der Waals surface area contributed by atoms with Crippen molar-refractivity contribution >= 4 is 28.7 Å². The number of carbonyl (C=O) groups is 1. The Bertz CT molecular complexity index is 1590. The molecular weight excluding hydrogens is 528 g/mol. The molecule has 0 bridgehead atoms. The van der Waals surface area contributed by atoms with Crippen molar-refractivity contribution in [3.05, 3.63) is 62.8 Å². The van der Waals surface area contributed by atoms with E-state index in [4.69, 9.17) is 30.5 Å². The van der Waals surface area contributed by atoms with Crippen LogP contribution in [0, 0.1) is 18.6 Å². The molecule has 2 aromatic heterocycles. The number of aromatic amines is 1. The quantitative estimate of drug-likeness (QED) is 0.326. The van der Waals surface area contributed by atoms with Gasteiger partial charge in [-0.3, -0.25) is 9.78 Å². The molecule has 2 aromatic carbocycles. The number of H-pyrrole nitrogens is 1. The van der Waals surface area contributed by atoms with Gasteiger partial charge in [0, 0.05) is 19.2 Å². The average molecular weight is 550 g/mol. The molecule has 2 heterocycles. The Hall–Kier alpha value is -4.39. The van der Waals surface area contributed by atoms with Gasteiger partial charge in [-0.15, -0.1) is 0 Å². The lowest BCUT2D eigenvalue weighted by Gasteiger charge is -2.17. The van der Waals surface area contributed by atoms with Crippen LogP contribution < -0.4 is 30.0 Å². The number of amides is 1. The number of carbonyl (C=O) groups excluding carboxylic acids is 1. The number of imidazole rings is 1. The Kier molecular flexibility index (Phi) is 7.67. The Morgan fingerprint density at radius 1 is 1.11 bits per heavy atom. The van der Waals surface area contributed by atoms with E-state index in [0.717, 1.165) is 6.07 Å². The number of fused-ring (bicyclic) bond motifs is 1. The highest BCUT2D eigenvalue weighted by atomic mass is 35.5. The minimum Gasteiger partial charge on any atom is -0.496 e. The highest BCUT2D eigenvalue weighted by Crippen LogP contribution is 2.37. The zero-order valence-electron chi connectivity index (χ0n) is 20.6. The van der Waals surface area contributed by atoms with Gasteiger partial charge in [0.15, 0.2) is 35.4 Å². The molecule has 0 aliphatic rings. The molecule has 0 saturated heterocycles. The van der Waals surface area contributed by atoms with Gasteiger partial charge in [-0.25, -0.2) is 23.1 Å². The predicted octanol–water partition coefficient (Wildman–Crippen LogP) is 3.07. The first-order valence-electron chi connectivity index (χ1n) is 11.0. The number of likely N-dealkylation sites (N-methyl/N-ethyl adjacent to an activating group) is 1. The van der Waals surface area contributed by atoms with E-state index in [1.807, 2.05) is 0 Å². The summed E-state index contributed by atoms with van der Waals surface area (Å²) in [5, 5.41) is 2.45. The third-order valence-corrected chi connectivity index (χ3v) is 5.75. The van der Waals surface area contributed by atoms with Gasteiger partial charge < -0.3 is 24.3 Å². The summed E-state index contributed by atoms with van der Waals surface area (Å²) in [7, 11) is 4.13. The van der Waals surface area contributed by atoms with Crippen LogP contribution in [0.5, 0.6) is 23.1 Å². The fourth-order valence-electron chi connectivity index (χ4n) is 3.62. The maximum atomic E-state index is 14.5. The first-order valence-corrected chi connectivity index (χ1v) is 11.4. The molecule has 4 aromatic rings. The van der Waals surface area contributed by atoms with E-state index in [1.54, 1.807) is 6.92 Å². The summed E-state index contributed by atoms with van der Waals surface area (Å²) in [6, 6.07) is 4.86. The van der Waals surface area contributed by atoms with Crippen LogP contribution in [0.1, 0.15) is 11.4 Å². The van der Waals surface area contributed by atoms with Gasteiger partial charge in [-0.2, -0.15) is 4.98 Å². The maximum Gasteiger partial charge on any atom is 0.332 e. The normalized spacial score (nSPS) is 10.9. The van der Waals surface area contributed by atoms with Crippen molar-refractivity contribution in [1.82, 2.24) is 24.8 Å². The zero-order chi connectivity index (χ0) is 27.6. The molecule has 0 radical (unpaired) electrons. The number of hydrogen-bond donors (Lipinski definition) is 2. The van der Waals surface area contributed by atoms with Crippen LogP contribution in [0.2, 0.25) is 5.02 Å². The first kappa shape index (κ1) is 26.7. The van der Waals surface area contributed by atoms with Gasteiger partial charge in [0.1, 0.15) is 23.7 Å². The molecule has 1 amide bonds. The summed E-state index contributed by atoms with van der Waals surface area (Å²) in [4.78, 5) is 35.8. The second kappa shape index (κ2) is 10.9. The van der Waals surface area contributed by atoms with E-state index in [-0.39, 0.29) is 50.6 Å². The highest BCUT2D eigenvalue weighted by molar-refractivity contribution is 6.32. The average Bonchev–Trinajstić information content (AvgIpc) is 3.23. The summed E-state index contributed by atoms with van der Waals surface area (Å²) in [5.74, 6) is -2.18. The van der Waals surface area contributed by atoms with Crippen LogP contribution >= 0.6 is 11.6 Å². The molecule has 4 rings (SSSR count). The number of aryl methyl sites for hydroxylation is 1. The van der Waals surface area contributed by atoms with Crippen molar-refractivity contribution in [3.8, 4) is 28.8 Å². The Balaban J connectivity index is 1.84. The summed E-state index contributed by atoms with van der Waals surface area (Å²) in [6.45, 7) is 0.745. The number of hydrogen-bond acceptors (Lipinski definition) is 8. The number of nitrogens with zero attached hydrogens (tertiary/aromatic N) is 3. The fourth-order valence-corrected chi connectivity index (χ4v) is 3.86. The van der Waals surface area contributed by atoms with Crippen LogP contribution in [0.15, 0.2) is 29.1 Å². The summed E-state index contributed by atoms with van der Waals surface area (Å²) in [5.41, 5.74) is -0.282. The number of methoxy groups -OCH3 is 2. The fraction of sp³-hybridized carbons (Fsp3) is 0.250. The molecule has 11 nitrogen and oxygen atoms in total. The number of benzene rings is 2. The molecule has 38 heavy (non-hydrogen) atoms. The van der Waals surface area contributed by atoms with Crippen LogP contribution in [-0.2, 0) is 11.4 Å². The summed E-state index contributed by atoms with van der Waals surface area (Å²) in [6.07, 6.45) is 0. The smallest absolute Gasteiger partial charge is 0.332 e. The molecule has 0 spiro atoms. The summed E-state index contributed by atoms with van der Waals surface area (Å²) >= 11 is 6.52. The second-order valence-electron chi connectivity index (χ2n) is 7.79. The third kappa shape index (κ3) is 5.05. The van der Waals surface area contributed by atoms with Gasteiger partial charge in [0.25, 0.3) is 5.91 Å². The Labute approximate surface area is 219 Å². The van der Waals surface area contributed by atoms with Crippen LogP contribution in [0.25, 0.3) is 16.9 Å². The molecule has 0 aliphatic carbocycles. The van der Waals surface area contributed by atoms with Gasteiger partial charge in [0.05, 0.1) is 30.5 Å².